The van der Waals surface area contributed by atoms with Gasteiger partial charge in [-0.25, -0.2) is 4.98 Å². The molecule has 3 heteroatoms. The molecule has 0 unspecified atom stereocenters. The molecule has 0 amide bonds. The van der Waals surface area contributed by atoms with E-state index >= 15 is 0 Å². The van der Waals surface area contributed by atoms with Crippen LogP contribution in [0.3, 0.4) is 0 Å². The highest BCUT2D eigenvalue weighted by Crippen LogP contribution is 2.16. The van der Waals surface area contributed by atoms with Crippen molar-refractivity contribution < 1.29 is 5.11 Å². The molecule has 2 rings (SSSR count). The fourth-order valence-corrected chi connectivity index (χ4v) is 1.17. The molecule has 0 saturated heterocycles. The smallest absolute Gasteiger partial charge is 0.176 e. The summed E-state index contributed by atoms with van der Waals surface area (Å²) in [5, 5.41) is 9.46. The summed E-state index contributed by atoms with van der Waals surface area (Å²) < 4.78 is 1.79. The van der Waals surface area contributed by atoms with Crippen molar-refractivity contribution in [3.63, 3.8) is 0 Å². The second-order valence-electron chi connectivity index (χ2n) is 2.78. The molecule has 13 heavy (non-hydrogen) atoms. The fraction of sp³-hybridized carbons (Fsp3) is 0.100. The van der Waals surface area contributed by atoms with E-state index < -0.39 is 0 Å². The van der Waals surface area contributed by atoms with E-state index in [9.17, 15) is 5.11 Å². The highest BCUT2D eigenvalue weighted by Gasteiger charge is 1.99. The largest absolute Gasteiger partial charge is 0.508 e. The molecule has 0 aliphatic heterocycles. The van der Waals surface area contributed by atoms with Gasteiger partial charge in [-0.1, -0.05) is 18.2 Å². The van der Waals surface area contributed by atoms with Crippen LogP contribution < -0.4 is 0 Å². The van der Waals surface area contributed by atoms with E-state index in [1.807, 2.05) is 18.3 Å². The van der Waals surface area contributed by atoms with E-state index in [-0.39, 0.29) is 0 Å². The number of para-hydroxylation sites is 1. The molecule has 1 aromatic carbocycles. The van der Waals surface area contributed by atoms with E-state index in [4.69, 9.17) is 0 Å². The Kier molecular flexibility index (Phi) is 2.00. The van der Waals surface area contributed by atoms with Crippen LogP contribution in [0.1, 0.15) is 5.56 Å². The summed E-state index contributed by atoms with van der Waals surface area (Å²) in [5.74, 6) is 0.310. The second kappa shape index (κ2) is 3.31. The van der Waals surface area contributed by atoms with Gasteiger partial charge < -0.3 is 9.67 Å². The van der Waals surface area contributed by atoms with Gasteiger partial charge in [0.05, 0.1) is 6.54 Å². The normalized spacial score (nSPS) is 10.2. The molecule has 0 fully saturated rings. The van der Waals surface area contributed by atoms with Gasteiger partial charge in [-0.05, 0) is 6.07 Å². The fourth-order valence-electron chi connectivity index (χ4n) is 1.17. The van der Waals surface area contributed by atoms with Gasteiger partial charge in [-0.15, -0.1) is 0 Å². The zero-order valence-electron chi connectivity index (χ0n) is 7.01. The van der Waals surface area contributed by atoms with E-state index in [1.54, 1.807) is 22.9 Å². The molecule has 1 heterocycles. The maximum atomic E-state index is 9.46. The molecule has 3 nitrogen and oxygen atoms in total. The minimum absolute atomic E-state index is 0.310. The second-order valence-corrected chi connectivity index (χ2v) is 2.78. The first-order valence-corrected chi connectivity index (χ1v) is 4.02. The first-order valence-electron chi connectivity index (χ1n) is 4.02. The lowest BCUT2D eigenvalue weighted by Gasteiger charge is -2.03. The minimum atomic E-state index is 0.310. The summed E-state index contributed by atoms with van der Waals surface area (Å²) in [7, 11) is 0. The van der Waals surface area contributed by atoms with E-state index in [2.05, 4.69) is 11.3 Å². The van der Waals surface area contributed by atoms with Crippen LogP contribution in [0.2, 0.25) is 0 Å². The lowest BCUT2D eigenvalue weighted by atomic mass is 10.2. The molecule has 0 aliphatic carbocycles. The maximum Gasteiger partial charge on any atom is 0.176 e. The first-order chi connectivity index (χ1) is 6.36. The molecule has 0 bridgehead atoms. The van der Waals surface area contributed by atoms with E-state index in [0.717, 1.165) is 5.56 Å². The Labute approximate surface area is 76.3 Å². The molecule has 1 aromatic heterocycles. The van der Waals surface area contributed by atoms with Crippen LogP contribution in [-0.2, 0) is 6.54 Å². The minimum Gasteiger partial charge on any atom is -0.508 e. The van der Waals surface area contributed by atoms with Crippen molar-refractivity contribution in [3.8, 4) is 5.75 Å². The van der Waals surface area contributed by atoms with Gasteiger partial charge in [-0.3, -0.25) is 0 Å². The van der Waals surface area contributed by atoms with Crippen LogP contribution in [0.15, 0.2) is 36.7 Å². The van der Waals surface area contributed by atoms with Crippen LogP contribution in [0, 0.1) is 6.33 Å². The van der Waals surface area contributed by atoms with Gasteiger partial charge in [0, 0.05) is 18.0 Å². The molecule has 2 aromatic rings. The third-order valence-corrected chi connectivity index (χ3v) is 1.84. The van der Waals surface area contributed by atoms with Crippen molar-refractivity contribution >= 4 is 0 Å². The summed E-state index contributed by atoms with van der Waals surface area (Å²) in [5.41, 5.74) is 0.872. The summed E-state index contributed by atoms with van der Waals surface area (Å²) in [6.45, 7) is 0.604. The number of hydrogen-bond acceptors (Lipinski definition) is 2. The van der Waals surface area contributed by atoms with Crippen LogP contribution >= 0.6 is 0 Å². The van der Waals surface area contributed by atoms with Crippen LogP contribution in [0.4, 0.5) is 0 Å². The number of nitrogens with zero attached hydrogens (tertiary/aromatic N) is 2. The standard InChI is InChI=1S/C10H9N2O/c13-10-4-2-1-3-9(10)7-12-6-5-11-8-12/h1-6,13H,7H2. The Balaban J connectivity index is 2.24. The van der Waals surface area contributed by atoms with Crippen molar-refractivity contribution in [1.82, 2.24) is 9.55 Å². The Morgan fingerprint density at radius 2 is 2.23 bits per heavy atom. The van der Waals surface area contributed by atoms with E-state index in [1.165, 1.54) is 0 Å². The topological polar surface area (TPSA) is 38.0 Å². The number of phenolic OH excluding ortho intramolecular Hbond substituents is 1. The third kappa shape index (κ3) is 1.69. The van der Waals surface area contributed by atoms with Crippen LogP contribution in [0.5, 0.6) is 5.75 Å². The number of aromatic nitrogens is 2. The molecule has 0 atom stereocenters. The Morgan fingerprint density at radius 3 is 2.92 bits per heavy atom. The zero-order chi connectivity index (χ0) is 9.10. The predicted octanol–water partition coefficient (Wildman–Crippen LogP) is 1.44. The van der Waals surface area contributed by atoms with Crippen molar-refractivity contribution in [2.75, 3.05) is 0 Å². The Hall–Kier alpha value is -1.77. The van der Waals surface area contributed by atoms with Crippen molar-refractivity contribution in [3.05, 3.63) is 48.5 Å². The van der Waals surface area contributed by atoms with Crippen molar-refractivity contribution in [2.45, 2.75) is 6.54 Å². The summed E-state index contributed by atoms with van der Waals surface area (Å²) in [4.78, 5) is 3.80. The SMILES string of the molecule is Oc1ccccc1Cn1[c]ncc1. The van der Waals surface area contributed by atoms with Gasteiger partial charge >= 0.3 is 0 Å². The first kappa shape index (κ1) is 7.86. The lowest BCUT2D eigenvalue weighted by molar-refractivity contribution is 0.466. The highest BCUT2D eigenvalue weighted by atomic mass is 16.3. The van der Waals surface area contributed by atoms with E-state index in [0.29, 0.717) is 12.3 Å². The molecular weight excluding hydrogens is 164 g/mol. The lowest BCUT2D eigenvalue weighted by Crippen LogP contribution is -1.96. The summed E-state index contributed by atoms with van der Waals surface area (Å²) in [6.07, 6.45) is 6.25. The Morgan fingerprint density at radius 1 is 1.38 bits per heavy atom. The van der Waals surface area contributed by atoms with Gasteiger partial charge in [0.15, 0.2) is 6.33 Å². The average Bonchev–Trinajstić information content (AvgIpc) is 2.61. The number of benzene rings is 1. The number of hydrogen-bond donors (Lipinski definition) is 1. The van der Waals surface area contributed by atoms with Crippen LogP contribution in [0.25, 0.3) is 0 Å². The average molecular weight is 173 g/mol. The van der Waals surface area contributed by atoms with Crippen molar-refractivity contribution in [1.29, 1.82) is 0 Å². The molecule has 0 spiro atoms. The van der Waals surface area contributed by atoms with Crippen LogP contribution in [-0.4, -0.2) is 14.7 Å². The predicted molar refractivity (Wildman–Crippen MR) is 48.3 cm³/mol. The number of aromatic hydroxyl groups is 1. The van der Waals surface area contributed by atoms with Gasteiger partial charge in [-0.2, -0.15) is 0 Å². The number of phenols is 1. The molecule has 65 valence electrons. The molecule has 1 N–H and O–H groups in total. The van der Waals surface area contributed by atoms with Gasteiger partial charge in [0.1, 0.15) is 5.75 Å². The van der Waals surface area contributed by atoms with Crippen molar-refractivity contribution in [2.24, 2.45) is 0 Å². The zero-order valence-corrected chi connectivity index (χ0v) is 7.01. The number of imidazole rings is 1. The molecule has 0 saturated carbocycles. The third-order valence-electron chi connectivity index (χ3n) is 1.84. The molecular formula is C10H9N2O. The monoisotopic (exact) mass is 173 g/mol. The molecule has 0 aliphatic rings. The summed E-state index contributed by atoms with van der Waals surface area (Å²) >= 11 is 0. The Bertz CT molecular complexity index is 382. The highest BCUT2D eigenvalue weighted by molar-refractivity contribution is 5.31. The maximum absolute atomic E-state index is 9.46. The molecule has 1 radical (unpaired) electrons. The number of rotatable bonds is 2. The summed E-state index contributed by atoms with van der Waals surface area (Å²) in [6, 6.07) is 7.25. The van der Waals surface area contributed by atoms with Gasteiger partial charge in [0.25, 0.3) is 0 Å². The van der Waals surface area contributed by atoms with Gasteiger partial charge in [0.2, 0.25) is 0 Å². The quantitative estimate of drug-likeness (QED) is 0.746.